The lowest BCUT2D eigenvalue weighted by Gasteiger charge is -2.08. The SMILES string of the molecule is CCCCCCCCCCCCOc1c(-c2sc(C)c(F)c2C)sc(C)c1F. The van der Waals surface area contributed by atoms with Crippen molar-refractivity contribution in [3.63, 3.8) is 0 Å². The van der Waals surface area contributed by atoms with E-state index in [4.69, 9.17) is 4.74 Å². The van der Waals surface area contributed by atoms with Crippen molar-refractivity contribution >= 4 is 22.7 Å². The zero-order valence-electron chi connectivity index (χ0n) is 17.8. The van der Waals surface area contributed by atoms with Crippen molar-refractivity contribution in [1.82, 2.24) is 0 Å². The van der Waals surface area contributed by atoms with Crippen LogP contribution in [-0.4, -0.2) is 6.61 Å². The van der Waals surface area contributed by atoms with Gasteiger partial charge >= 0.3 is 0 Å². The molecule has 0 aliphatic rings. The van der Waals surface area contributed by atoms with Crippen LogP contribution in [-0.2, 0) is 0 Å². The average Bonchev–Trinajstić information content (AvgIpc) is 3.10. The van der Waals surface area contributed by atoms with E-state index in [-0.39, 0.29) is 11.6 Å². The molecule has 28 heavy (non-hydrogen) atoms. The Hall–Kier alpha value is -0.940. The van der Waals surface area contributed by atoms with E-state index >= 15 is 0 Å². The average molecular weight is 429 g/mol. The van der Waals surface area contributed by atoms with Gasteiger partial charge in [0.05, 0.1) is 16.4 Å². The Labute approximate surface area is 177 Å². The molecule has 0 radical (unpaired) electrons. The fourth-order valence-electron chi connectivity index (χ4n) is 3.40. The number of hydrogen-bond acceptors (Lipinski definition) is 3. The molecule has 0 saturated carbocycles. The molecule has 0 N–H and O–H groups in total. The van der Waals surface area contributed by atoms with Crippen molar-refractivity contribution in [2.45, 2.75) is 91.9 Å². The summed E-state index contributed by atoms with van der Waals surface area (Å²) in [6, 6.07) is 0. The van der Waals surface area contributed by atoms with Crippen molar-refractivity contribution in [3.05, 3.63) is 27.0 Å². The summed E-state index contributed by atoms with van der Waals surface area (Å²) in [6.07, 6.45) is 12.6. The number of rotatable bonds is 13. The Bertz CT molecular complexity index is 734. The van der Waals surface area contributed by atoms with Gasteiger partial charge in [0.15, 0.2) is 11.6 Å². The Morgan fingerprint density at radius 2 is 1.18 bits per heavy atom. The predicted octanol–water partition coefficient (Wildman–Crippen LogP) is 8.98. The minimum Gasteiger partial charge on any atom is -0.489 e. The Balaban J connectivity index is 1.78. The first-order chi connectivity index (χ1) is 13.5. The zero-order chi connectivity index (χ0) is 20.5. The first kappa shape index (κ1) is 23.3. The molecular formula is C23H34F2OS2. The Morgan fingerprint density at radius 3 is 1.71 bits per heavy atom. The summed E-state index contributed by atoms with van der Waals surface area (Å²) in [4.78, 5) is 2.76. The smallest absolute Gasteiger partial charge is 0.179 e. The van der Waals surface area contributed by atoms with Gasteiger partial charge in [0.1, 0.15) is 5.82 Å². The topological polar surface area (TPSA) is 9.23 Å². The lowest BCUT2D eigenvalue weighted by atomic mass is 10.1. The first-order valence-electron chi connectivity index (χ1n) is 10.6. The maximum absolute atomic E-state index is 14.5. The third-order valence-corrected chi connectivity index (χ3v) is 7.56. The minimum atomic E-state index is -0.294. The molecule has 0 saturated heterocycles. The van der Waals surface area contributed by atoms with Crippen LogP contribution in [0.3, 0.4) is 0 Å². The molecule has 2 aromatic heterocycles. The fraction of sp³-hybridized carbons (Fsp3) is 0.652. The highest BCUT2D eigenvalue weighted by molar-refractivity contribution is 7.22. The van der Waals surface area contributed by atoms with Gasteiger partial charge in [-0.25, -0.2) is 8.78 Å². The van der Waals surface area contributed by atoms with E-state index in [1.54, 1.807) is 20.8 Å². The number of aryl methyl sites for hydroxylation is 2. The molecule has 0 aromatic carbocycles. The van der Waals surface area contributed by atoms with Crippen molar-refractivity contribution in [3.8, 4) is 15.5 Å². The third kappa shape index (κ3) is 6.28. The number of ether oxygens (including phenoxy) is 1. The lowest BCUT2D eigenvalue weighted by Crippen LogP contribution is -1.99. The molecule has 2 rings (SSSR count). The van der Waals surface area contributed by atoms with E-state index in [1.807, 2.05) is 0 Å². The molecule has 0 bridgehead atoms. The van der Waals surface area contributed by atoms with Crippen molar-refractivity contribution in [1.29, 1.82) is 0 Å². The lowest BCUT2D eigenvalue weighted by molar-refractivity contribution is 0.292. The van der Waals surface area contributed by atoms with Crippen LogP contribution in [0.5, 0.6) is 5.75 Å². The standard InChI is InChI=1S/C23H34F2OS2/c1-5-6-7-8-9-10-11-12-13-14-15-26-21-20(25)18(4)28-23(21)22-16(2)19(24)17(3)27-22/h5-15H2,1-4H3. The number of hydrogen-bond donors (Lipinski definition) is 0. The van der Waals surface area contributed by atoms with Crippen molar-refractivity contribution in [2.75, 3.05) is 6.61 Å². The molecule has 0 atom stereocenters. The van der Waals surface area contributed by atoms with Gasteiger partial charge in [0, 0.05) is 15.3 Å². The molecule has 2 aromatic rings. The summed E-state index contributed by atoms with van der Waals surface area (Å²) in [5.74, 6) is -0.173. The fourth-order valence-corrected chi connectivity index (χ4v) is 5.60. The Morgan fingerprint density at radius 1 is 0.679 bits per heavy atom. The van der Waals surface area contributed by atoms with Crippen LogP contribution in [0.25, 0.3) is 9.75 Å². The molecule has 0 aliphatic carbocycles. The number of unbranched alkanes of at least 4 members (excludes halogenated alkanes) is 9. The van der Waals surface area contributed by atoms with E-state index in [2.05, 4.69) is 6.92 Å². The second-order valence-corrected chi connectivity index (χ2v) is 10.0. The molecule has 0 spiro atoms. The summed E-state index contributed by atoms with van der Waals surface area (Å²) in [6.45, 7) is 8.03. The van der Waals surface area contributed by atoms with Gasteiger partial charge in [-0.3, -0.25) is 0 Å². The van der Waals surface area contributed by atoms with E-state index in [0.717, 1.165) is 22.6 Å². The highest BCUT2D eigenvalue weighted by Gasteiger charge is 2.23. The predicted molar refractivity (Wildman–Crippen MR) is 119 cm³/mol. The van der Waals surface area contributed by atoms with Crippen LogP contribution in [0, 0.1) is 32.4 Å². The quantitative estimate of drug-likeness (QED) is 0.289. The summed E-state index contributed by atoms with van der Waals surface area (Å²) in [7, 11) is 0. The van der Waals surface area contributed by atoms with Crippen LogP contribution in [0.15, 0.2) is 0 Å². The summed E-state index contributed by atoms with van der Waals surface area (Å²) in [5.41, 5.74) is 0.590. The number of thiophene rings is 2. The summed E-state index contributed by atoms with van der Waals surface area (Å²) < 4.78 is 34.5. The Kier molecular flexibility index (Phi) is 9.93. The second-order valence-electron chi connectivity index (χ2n) is 7.59. The van der Waals surface area contributed by atoms with Crippen LogP contribution in [0.4, 0.5) is 8.78 Å². The van der Waals surface area contributed by atoms with Gasteiger partial charge in [0.2, 0.25) is 0 Å². The van der Waals surface area contributed by atoms with Gasteiger partial charge < -0.3 is 4.74 Å². The molecular weight excluding hydrogens is 394 g/mol. The number of halogens is 2. The molecule has 1 nitrogen and oxygen atoms in total. The highest BCUT2D eigenvalue weighted by Crippen LogP contribution is 2.46. The third-order valence-electron chi connectivity index (χ3n) is 5.15. The highest BCUT2D eigenvalue weighted by atomic mass is 32.1. The van der Waals surface area contributed by atoms with Crippen LogP contribution in [0.1, 0.15) is 86.4 Å². The summed E-state index contributed by atoms with van der Waals surface area (Å²) >= 11 is 2.74. The van der Waals surface area contributed by atoms with Crippen molar-refractivity contribution < 1.29 is 13.5 Å². The monoisotopic (exact) mass is 428 g/mol. The van der Waals surface area contributed by atoms with E-state index in [9.17, 15) is 8.78 Å². The zero-order valence-corrected chi connectivity index (χ0v) is 19.4. The van der Waals surface area contributed by atoms with Crippen LogP contribution < -0.4 is 4.74 Å². The van der Waals surface area contributed by atoms with Crippen molar-refractivity contribution in [2.24, 2.45) is 0 Å². The van der Waals surface area contributed by atoms with Gasteiger partial charge in [-0.2, -0.15) is 0 Å². The molecule has 0 amide bonds. The van der Waals surface area contributed by atoms with Crippen LogP contribution >= 0.6 is 22.7 Å². The summed E-state index contributed by atoms with van der Waals surface area (Å²) in [5, 5.41) is 0. The maximum Gasteiger partial charge on any atom is 0.179 e. The molecule has 2 heterocycles. The second kappa shape index (κ2) is 11.9. The van der Waals surface area contributed by atoms with Crippen LogP contribution in [0.2, 0.25) is 0 Å². The molecule has 158 valence electrons. The molecule has 0 aliphatic heterocycles. The minimum absolute atomic E-state index is 0.188. The molecule has 0 fully saturated rings. The van der Waals surface area contributed by atoms with E-state index in [0.29, 0.717) is 27.7 Å². The molecule has 5 heteroatoms. The van der Waals surface area contributed by atoms with E-state index < -0.39 is 0 Å². The van der Waals surface area contributed by atoms with Gasteiger partial charge in [-0.05, 0) is 27.2 Å². The van der Waals surface area contributed by atoms with Gasteiger partial charge in [-0.15, -0.1) is 22.7 Å². The normalized spacial score (nSPS) is 11.4. The first-order valence-corrected chi connectivity index (χ1v) is 12.3. The van der Waals surface area contributed by atoms with E-state index in [1.165, 1.54) is 74.0 Å². The maximum atomic E-state index is 14.5. The van der Waals surface area contributed by atoms with Gasteiger partial charge in [-0.1, -0.05) is 64.7 Å². The largest absolute Gasteiger partial charge is 0.489 e. The molecule has 0 unspecified atom stereocenters. The van der Waals surface area contributed by atoms with Gasteiger partial charge in [0.25, 0.3) is 0 Å².